The predicted octanol–water partition coefficient (Wildman–Crippen LogP) is 4.13. The number of carbonyl (C=O) groups is 1. The Balaban J connectivity index is 0.000000231. The summed E-state index contributed by atoms with van der Waals surface area (Å²) in [6.07, 6.45) is 2.92. The molecule has 0 bridgehead atoms. The third-order valence-corrected chi connectivity index (χ3v) is 3.09. The molecule has 0 unspecified atom stereocenters. The zero-order chi connectivity index (χ0) is 17.2. The highest BCUT2D eigenvalue weighted by Gasteiger charge is 1.98. The van der Waals surface area contributed by atoms with E-state index < -0.39 is 0 Å². The predicted molar refractivity (Wildman–Crippen MR) is 87.9 cm³/mol. The van der Waals surface area contributed by atoms with E-state index in [0.717, 1.165) is 5.56 Å². The summed E-state index contributed by atoms with van der Waals surface area (Å²) in [7, 11) is 0. The highest BCUT2D eigenvalue weighted by Crippen LogP contribution is 2.16. The summed E-state index contributed by atoms with van der Waals surface area (Å²) < 4.78 is 0. The molecule has 2 aromatic rings. The van der Waals surface area contributed by atoms with Gasteiger partial charge in [0.1, 0.15) is 0 Å². The van der Waals surface area contributed by atoms with E-state index in [-0.39, 0.29) is 5.78 Å². The van der Waals surface area contributed by atoms with E-state index in [4.69, 9.17) is 0 Å². The van der Waals surface area contributed by atoms with E-state index in [1.807, 2.05) is 26.0 Å². The van der Waals surface area contributed by atoms with Crippen molar-refractivity contribution in [3.63, 3.8) is 0 Å². The van der Waals surface area contributed by atoms with Gasteiger partial charge < -0.3 is 0 Å². The van der Waals surface area contributed by atoms with Crippen molar-refractivity contribution < 1.29 is 14.4 Å². The van der Waals surface area contributed by atoms with Crippen LogP contribution < -0.4 is 0 Å². The van der Waals surface area contributed by atoms with Gasteiger partial charge in [0.25, 0.3) is 0 Å². The number of hydrogen-bond donors (Lipinski definition) is 0. The summed E-state index contributed by atoms with van der Waals surface area (Å²) in [4.78, 5) is 37.5. The van der Waals surface area contributed by atoms with Crippen LogP contribution in [0.1, 0.15) is 28.4 Å². The molecule has 0 amide bonds. The fourth-order valence-electron chi connectivity index (χ4n) is 1.69. The van der Waals surface area contributed by atoms with Crippen molar-refractivity contribution in [1.82, 2.24) is 0 Å². The minimum absolute atomic E-state index is 0.0436. The lowest BCUT2D eigenvalue weighted by Gasteiger charge is -1.97. The van der Waals surface area contributed by atoms with Crippen LogP contribution in [0.25, 0.3) is 0 Å². The first-order valence-corrected chi connectivity index (χ1v) is 6.82. The minimum atomic E-state index is -0.0436. The van der Waals surface area contributed by atoms with Gasteiger partial charge in [-0.2, -0.15) is 9.98 Å². The van der Waals surface area contributed by atoms with Crippen LogP contribution in [0.5, 0.6) is 0 Å². The summed E-state index contributed by atoms with van der Waals surface area (Å²) in [6, 6.07) is 12.1. The first-order chi connectivity index (χ1) is 11.0. The number of benzene rings is 2. The Morgan fingerprint density at radius 2 is 1.48 bits per heavy atom. The molecule has 5 heteroatoms. The van der Waals surface area contributed by atoms with Crippen molar-refractivity contribution >= 4 is 29.3 Å². The average molecular weight is 308 g/mol. The molecule has 23 heavy (non-hydrogen) atoms. The van der Waals surface area contributed by atoms with E-state index in [2.05, 4.69) is 9.98 Å². The molecule has 0 spiro atoms. The molecule has 0 atom stereocenters. The van der Waals surface area contributed by atoms with Gasteiger partial charge >= 0.3 is 0 Å². The molecule has 0 fully saturated rings. The monoisotopic (exact) mass is 308 g/mol. The van der Waals surface area contributed by atoms with Crippen molar-refractivity contribution in [2.45, 2.75) is 20.8 Å². The van der Waals surface area contributed by atoms with E-state index in [9.17, 15) is 14.4 Å². The lowest BCUT2D eigenvalue weighted by Crippen LogP contribution is -1.89. The van der Waals surface area contributed by atoms with E-state index in [0.29, 0.717) is 16.9 Å². The molecular weight excluding hydrogens is 292 g/mol. The number of ketones is 1. The topological polar surface area (TPSA) is 75.9 Å². The molecule has 0 heterocycles. The second kappa shape index (κ2) is 9.00. The average Bonchev–Trinajstić information content (AvgIpc) is 2.52. The molecule has 116 valence electrons. The Kier molecular flexibility index (Phi) is 7.02. The zero-order valence-corrected chi connectivity index (χ0v) is 13.2. The van der Waals surface area contributed by atoms with Gasteiger partial charge in [0.15, 0.2) is 5.78 Å². The summed E-state index contributed by atoms with van der Waals surface area (Å²) in [6.45, 7) is 5.46. The lowest BCUT2D eigenvalue weighted by molar-refractivity contribution is 0.101. The van der Waals surface area contributed by atoms with Gasteiger partial charge in [-0.25, -0.2) is 9.59 Å². The number of aliphatic imine (C=N–C) groups is 2. The molecular formula is C18H16N2O3. The maximum Gasteiger partial charge on any atom is 0.240 e. The van der Waals surface area contributed by atoms with Crippen molar-refractivity contribution in [2.24, 2.45) is 9.98 Å². The molecule has 0 aliphatic carbocycles. The number of hydrogen-bond acceptors (Lipinski definition) is 5. The Hall–Kier alpha value is -3.13. The third kappa shape index (κ3) is 6.02. The van der Waals surface area contributed by atoms with E-state index >= 15 is 0 Å². The molecule has 5 nitrogen and oxygen atoms in total. The van der Waals surface area contributed by atoms with Gasteiger partial charge in [0, 0.05) is 5.56 Å². The van der Waals surface area contributed by atoms with Crippen LogP contribution in [0, 0.1) is 13.8 Å². The molecule has 2 rings (SSSR count). The third-order valence-electron chi connectivity index (χ3n) is 3.09. The van der Waals surface area contributed by atoms with Gasteiger partial charge in [0.2, 0.25) is 12.2 Å². The van der Waals surface area contributed by atoms with Crippen molar-refractivity contribution in [2.75, 3.05) is 0 Å². The second-order valence-corrected chi connectivity index (χ2v) is 4.78. The molecule has 0 radical (unpaired) electrons. The highest BCUT2D eigenvalue weighted by atomic mass is 16.1. The first kappa shape index (κ1) is 17.9. The lowest BCUT2D eigenvalue weighted by atomic mass is 10.1. The first-order valence-electron chi connectivity index (χ1n) is 6.82. The summed E-state index contributed by atoms with van der Waals surface area (Å²) in [5.41, 5.74) is 4.02. The standard InChI is InChI=1S/C9H7NO2.C9H9NO/c1-7(12)8-3-2-4-9(5-8)10-6-11;1-7-3-4-9(10-6-11)5-8(7)2/h2-5H,1H3;3-5H,1-2H3. The van der Waals surface area contributed by atoms with E-state index in [1.54, 1.807) is 30.3 Å². The number of nitrogens with zero attached hydrogens (tertiary/aromatic N) is 2. The van der Waals surface area contributed by atoms with Gasteiger partial charge in [0.05, 0.1) is 11.4 Å². The summed E-state index contributed by atoms with van der Waals surface area (Å²) >= 11 is 0. The maximum absolute atomic E-state index is 10.9. The van der Waals surface area contributed by atoms with Crippen LogP contribution in [0.15, 0.2) is 52.4 Å². The SMILES string of the molecule is CC(=O)c1cccc(N=C=O)c1.Cc1ccc(N=C=O)cc1C. The summed E-state index contributed by atoms with van der Waals surface area (Å²) in [5.74, 6) is -0.0436. The number of rotatable bonds is 3. The number of isocyanates is 2. The minimum Gasteiger partial charge on any atom is -0.295 e. The van der Waals surface area contributed by atoms with Gasteiger partial charge in [-0.1, -0.05) is 18.2 Å². The number of Topliss-reactive ketones (excluding diaryl/α,β-unsaturated/α-hetero) is 1. The molecule has 2 aromatic carbocycles. The Morgan fingerprint density at radius 3 is 2.00 bits per heavy atom. The van der Waals surface area contributed by atoms with Crippen LogP contribution >= 0.6 is 0 Å². The molecule has 0 aromatic heterocycles. The largest absolute Gasteiger partial charge is 0.295 e. The highest BCUT2D eigenvalue weighted by molar-refractivity contribution is 5.94. The maximum atomic E-state index is 10.9. The number of aryl methyl sites for hydroxylation is 2. The van der Waals surface area contributed by atoms with E-state index in [1.165, 1.54) is 24.6 Å². The summed E-state index contributed by atoms with van der Waals surface area (Å²) in [5, 5.41) is 0. The smallest absolute Gasteiger partial charge is 0.240 e. The molecule has 0 saturated heterocycles. The quantitative estimate of drug-likeness (QED) is 0.486. The van der Waals surface area contributed by atoms with Crippen molar-refractivity contribution in [1.29, 1.82) is 0 Å². The Morgan fingerprint density at radius 1 is 0.870 bits per heavy atom. The fraction of sp³-hybridized carbons (Fsp3) is 0.167. The molecule has 0 aliphatic heterocycles. The van der Waals surface area contributed by atoms with Gasteiger partial charge in [-0.15, -0.1) is 0 Å². The van der Waals surface area contributed by atoms with Crippen molar-refractivity contribution in [3.05, 3.63) is 59.2 Å². The number of carbonyl (C=O) groups excluding carboxylic acids is 3. The van der Waals surface area contributed by atoms with Crippen LogP contribution in [-0.4, -0.2) is 17.9 Å². The molecule has 0 N–H and O–H groups in total. The molecule has 0 aliphatic rings. The zero-order valence-electron chi connectivity index (χ0n) is 13.2. The van der Waals surface area contributed by atoms with Gasteiger partial charge in [-0.3, -0.25) is 4.79 Å². The normalized spacial score (nSPS) is 8.83. The van der Waals surface area contributed by atoms with Crippen LogP contribution in [0.2, 0.25) is 0 Å². The van der Waals surface area contributed by atoms with Crippen molar-refractivity contribution in [3.8, 4) is 0 Å². The Labute approximate surface area is 134 Å². The second-order valence-electron chi connectivity index (χ2n) is 4.78. The van der Waals surface area contributed by atoms with Crippen LogP contribution in [-0.2, 0) is 9.59 Å². The van der Waals surface area contributed by atoms with Gasteiger partial charge in [-0.05, 0) is 56.2 Å². The fourth-order valence-corrected chi connectivity index (χ4v) is 1.69. The van der Waals surface area contributed by atoms with Crippen LogP contribution in [0.4, 0.5) is 11.4 Å². The Bertz CT molecular complexity index is 782. The van der Waals surface area contributed by atoms with Crippen LogP contribution in [0.3, 0.4) is 0 Å². The molecule has 0 saturated carbocycles.